The minimum absolute atomic E-state index is 0.0949. The normalized spacial score (nSPS) is 13.8. The molecule has 3 heteroatoms. The van der Waals surface area contributed by atoms with Crippen LogP contribution in [0.2, 0.25) is 0 Å². The van der Waals surface area contributed by atoms with Gasteiger partial charge in [-0.15, -0.1) is 0 Å². The van der Waals surface area contributed by atoms with Crippen molar-refractivity contribution in [2.24, 2.45) is 0 Å². The summed E-state index contributed by atoms with van der Waals surface area (Å²) in [5.41, 5.74) is 26.2. The molecule has 0 unspecified atom stereocenters. The number of fused-ring (bicyclic) bond motifs is 8. The molecule has 0 atom stereocenters. The predicted molar refractivity (Wildman–Crippen MR) is 284 cm³/mol. The van der Waals surface area contributed by atoms with E-state index >= 15 is 0 Å². The largest absolute Gasteiger partial charge is 0.376 e. The molecule has 0 amide bonds. The number of unbranched alkanes of at least 4 members (excludes halogenated alkanes) is 3. The van der Waals surface area contributed by atoms with E-state index in [0.717, 1.165) is 19.3 Å². The average molecular weight is 857 g/mol. The van der Waals surface area contributed by atoms with Crippen LogP contribution in [0.3, 0.4) is 0 Å². The van der Waals surface area contributed by atoms with Crippen molar-refractivity contribution in [3.05, 3.63) is 198 Å². The van der Waals surface area contributed by atoms with Gasteiger partial charge in [-0.1, -0.05) is 169 Å². The highest BCUT2D eigenvalue weighted by atomic mass is 15.2. The van der Waals surface area contributed by atoms with Crippen LogP contribution in [0.15, 0.2) is 170 Å². The first-order valence-electron chi connectivity index (χ1n) is 24.9. The Balaban J connectivity index is 1.28. The van der Waals surface area contributed by atoms with Crippen molar-refractivity contribution < 1.29 is 0 Å². The highest BCUT2D eigenvalue weighted by Crippen LogP contribution is 2.54. The predicted octanol–water partition coefficient (Wildman–Crippen LogP) is 16.1. The molecule has 11 rings (SSSR count). The molecule has 0 N–H and O–H groups in total. The molecule has 0 aromatic heterocycles. The first-order valence-corrected chi connectivity index (χ1v) is 24.9. The molecule has 0 spiro atoms. The Morgan fingerprint density at radius 2 is 0.985 bits per heavy atom. The van der Waals surface area contributed by atoms with Crippen LogP contribution in [0.4, 0.5) is 28.4 Å². The molecule has 0 saturated carbocycles. The van der Waals surface area contributed by atoms with Crippen molar-refractivity contribution in [1.82, 2.24) is 0 Å². The summed E-state index contributed by atoms with van der Waals surface area (Å²) in [6.07, 6.45) is 10.3. The summed E-state index contributed by atoms with van der Waals surface area (Å²) >= 11 is 0. The molecule has 8 aromatic rings. The van der Waals surface area contributed by atoms with E-state index < -0.39 is 0 Å². The second-order valence-corrected chi connectivity index (χ2v) is 19.6. The monoisotopic (exact) mass is 856 g/mol. The number of benzene rings is 8. The van der Waals surface area contributed by atoms with Gasteiger partial charge in [0.15, 0.2) is 0 Å². The summed E-state index contributed by atoms with van der Waals surface area (Å²) in [5.74, 6) is 0. The summed E-state index contributed by atoms with van der Waals surface area (Å²) in [5, 5.41) is 0. The molecule has 0 radical (unpaired) electrons. The minimum Gasteiger partial charge on any atom is -0.376 e. The van der Waals surface area contributed by atoms with Gasteiger partial charge in [0.2, 0.25) is 0 Å². The lowest BCUT2D eigenvalue weighted by Crippen LogP contribution is -2.62. The maximum absolute atomic E-state index is 2.73. The van der Waals surface area contributed by atoms with E-state index in [1.807, 2.05) is 0 Å². The van der Waals surface area contributed by atoms with Crippen LogP contribution < -0.4 is 20.6 Å². The van der Waals surface area contributed by atoms with Gasteiger partial charge in [-0.3, -0.25) is 0 Å². The van der Waals surface area contributed by atoms with Gasteiger partial charge in [0.25, 0.3) is 0 Å². The summed E-state index contributed by atoms with van der Waals surface area (Å²) in [6.45, 7) is 11.7. The summed E-state index contributed by atoms with van der Waals surface area (Å²) in [7, 11) is 0. The fraction of sp³-hybridized carbons (Fsp3) is 0.238. The van der Waals surface area contributed by atoms with E-state index in [2.05, 4.69) is 214 Å². The molecule has 0 saturated heterocycles. The molecule has 66 heavy (non-hydrogen) atoms. The number of aryl methyl sites for hydroxylation is 3. The standard InChI is InChI=1S/C63H61BN2/c1-6-9-20-43-29-33-49(34-30-43)66-57-37-32-45(22-11-8-3)40-52(57)53-41-48(46-23-14-12-15-24-46)42-59-61(53)64(66)62-58(38-35-55-60(62)50-27-18-19-28-54(50)63(55,4)5)65(59)56-36-31-44(21-10-7-2)39-51(56)47-25-16-13-17-26-47/h12-19,23-42H,6-11,20-22H2,1-5H3. The van der Waals surface area contributed by atoms with Gasteiger partial charge in [-0.2, -0.15) is 0 Å². The highest BCUT2D eigenvalue weighted by molar-refractivity contribution is 6.94. The maximum atomic E-state index is 2.73. The van der Waals surface area contributed by atoms with Crippen LogP contribution in [0.5, 0.6) is 0 Å². The zero-order valence-corrected chi connectivity index (χ0v) is 39.5. The van der Waals surface area contributed by atoms with Gasteiger partial charge in [-0.25, -0.2) is 0 Å². The zero-order valence-electron chi connectivity index (χ0n) is 39.5. The first kappa shape index (κ1) is 42.1. The molecule has 8 aromatic carbocycles. The van der Waals surface area contributed by atoms with Crippen LogP contribution in [-0.2, 0) is 24.7 Å². The second kappa shape index (κ2) is 17.3. The van der Waals surface area contributed by atoms with Gasteiger partial charge in [0.05, 0.1) is 5.69 Å². The Labute approximate surface area is 394 Å². The maximum Gasteiger partial charge on any atom is 0.333 e. The number of nitrogens with zero attached hydrogens (tertiary/aromatic N) is 2. The molecule has 0 bridgehead atoms. The smallest absolute Gasteiger partial charge is 0.333 e. The second-order valence-electron chi connectivity index (χ2n) is 19.6. The van der Waals surface area contributed by atoms with Gasteiger partial charge in [0.1, 0.15) is 0 Å². The lowest BCUT2D eigenvalue weighted by atomic mass is 9.42. The van der Waals surface area contributed by atoms with Crippen LogP contribution >= 0.6 is 0 Å². The molecule has 326 valence electrons. The number of anilines is 5. The van der Waals surface area contributed by atoms with E-state index in [4.69, 9.17) is 0 Å². The van der Waals surface area contributed by atoms with E-state index in [1.165, 1.54) is 150 Å². The van der Waals surface area contributed by atoms with Gasteiger partial charge in [0, 0.05) is 39.3 Å². The van der Waals surface area contributed by atoms with E-state index in [9.17, 15) is 0 Å². The third-order valence-corrected chi connectivity index (χ3v) is 15.0. The molecule has 0 fully saturated rings. The average Bonchev–Trinajstić information content (AvgIpc) is 3.60. The molecule has 2 aliphatic heterocycles. The van der Waals surface area contributed by atoms with Gasteiger partial charge in [-0.05, 0) is 165 Å². The molecular weight excluding hydrogens is 796 g/mol. The topological polar surface area (TPSA) is 6.48 Å². The lowest BCUT2D eigenvalue weighted by Gasteiger charge is -2.47. The van der Waals surface area contributed by atoms with Gasteiger partial charge >= 0.3 is 6.85 Å². The number of rotatable bonds is 13. The van der Waals surface area contributed by atoms with Crippen LogP contribution in [0.1, 0.15) is 101 Å². The quantitative estimate of drug-likeness (QED) is 0.107. The highest BCUT2D eigenvalue weighted by Gasteiger charge is 2.49. The van der Waals surface area contributed by atoms with Crippen molar-refractivity contribution in [2.45, 2.75) is 97.8 Å². The molecule has 2 heterocycles. The van der Waals surface area contributed by atoms with E-state index in [-0.39, 0.29) is 12.3 Å². The van der Waals surface area contributed by atoms with Gasteiger partial charge < -0.3 is 9.71 Å². The van der Waals surface area contributed by atoms with E-state index in [0.29, 0.717) is 0 Å². The Bertz CT molecular complexity index is 3070. The number of hydrogen-bond donors (Lipinski definition) is 0. The molecular formula is C63H61BN2. The summed E-state index contributed by atoms with van der Waals surface area (Å²) in [6, 6.07) is 65.8. The molecule has 2 nitrogen and oxygen atoms in total. The van der Waals surface area contributed by atoms with Crippen molar-refractivity contribution in [3.8, 4) is 44.5 Å². The van der Waals surface area contributed by atoms with Crippen LogP contribution in [-0.4, -0.2) is 6.85 Å². The number of hydrogen-bond acceptors (Lipinski definition) is 2. The van der Waals surface area contributed by atoms with Crippen molar-refractivity contribution in [1.29, 1.82) is 0 Å². The first-order chi connectivity index (χ1) is 32.4. The SMILES string of the molecule is CCCCc1ccc(N2B3c4c(cc(-c5ccccc5)cc4N(c4ccc(CCCC)cc4-c4ccccc4)c4ccc5c(c43)-c3ccccc3C5(C)C)-c3cc(CCCC)ccc32)cc1. The fourth-order valence-electron chi connectivity index (χ4n) is 11.5. The van der Waals surface area contributed by atoms with Crippen molar-refractivity contribution in [2.75, 3.05) is 9.71 Å². The summed E-state index contributed by atoms with van der Waals surface area (Å²) in [4.78, 5) is 5.40. The fourth-order valence-corrected chi connectivity index (χ4v) is 11.5. The minimum atomic E-state index is -0.158. The third-order valence-electron chi connectivity index (χ3n) is 15.0. The molecule has 1 aliphatic carbocycles. The van der Waals surface area contributed by atoms with Crippen LogP contribution in [0, 0.1) is 0 Å². The Hall–Kier alpha value is -6.58. The Morgan fingerprint density at radius 3 is 1.67 bits per heavy atom. The van der Waals surface area contributed by atoms with Crippen molar-refractivity contribution >= 4 is 46.2 Å². The van der Waals surface area contributed by atoms with E-state index in [1.54, 1.807) is 0 Å². The zero-order chi connectivity index (χ0) is 44.9. The van der Waals surface area contributed by atoms with Crippen LogP contribution in [0.25, 0.3) is 44.5 Å². The van der Waals surface area contributed by atoms with Crippen molar-refractivity contribution in [3.63, 3.8) is 0 Å². The Morgan fingerprint density at radius 1 is 0.409 bits per heavy atom. The molecule has 3 aliphatic rings. The lowest BCUT2D eigenvalue weighted by molar-refractivity contribution is 0.660. The Kier molecular flexibility index (Phi) is 11.1. The summed E-state index contributed by atoms with van der Waals surface area (Å²) < 4.78 is 0. The third kappa shape index (κ3) is 7.02.